The van der Waals surface area contributed by atoms with Gasteiger partial charge in [-0.2, -0.15) is 0 Å². The summed E-state index contributed by atoms with van der Waals surface area (Å²) in [6.45, 7) is 3.92. The van der Waals surface area contributed by atoms with Gasteiger partial charge in [0.05, 0.1) is 11.6 Å². The molecule has 6 nitrogen and oxygen atoms in total. The lowest BCUT2D eigenvalue weighted by Gasteiger charge is -2.11. The van der Waals surface area contributed by atoms with E-state index in [-0.39, 0.29) is 24.9 Å². The van der Waals surface area contributed by atoms with Crippen LogP contribution in [0.5, 0.6) is 0 Å². The summed E-state index contributed by atoms with van der Waals surface area (Å²) < 4.78 is 12.1. The molecule has 1 atom stereocenters. The Balaban J connectivity index is 1.66. The van der Waals surface area contributed by atoms with E-state index in [0.29, 0.717) is 21.9 Å². The molecule has 0 radical (unpaired) electrons. The predicted octanol–water partition coefficient (Wildman–Crippen LogP) is 3.42. The van der Waals surface area contributed by atoms with E-state index < -0.39 is 5.76 Å². The largest absolute Gasteiger partial charge is 0.464 e. The first kappa shape index (κ1) is 16.4. The maximum absolute atomic E-state index is 12.1. The highest BCUT2D eigenvalue weighted by molar-refractivity contribution is 6.31. The van der Waals surface area contributed by atoms with E-state index in [1.54, 1.807) is 18.2 Å². The van der Waals surface area contributed by atoms with Gasteiger partial charge in [-0.1, -0.05) is 11.6 Å². The Labute approximate surface area is 143 Å². The molecule has 0 aliphatic rings. The van der Waals surface area contributed by atoms with E-state index in [2.05, 4.69) is 5.32 Å². The monoisotopic (exact) mass is 348 g/mol. The fourth-order valence-corrected chi connectivity index (χ4v) is 2.70. The quantitative estimate of drug-likeness (QED) is 0.766. The second-order valence-corrected chi connectivity index (χ2v) is 6.06. The van der Waals surface area contributed by atoms with Gasteiger partial charge in [-0.25, -0.2) is 4.79 Å². The lowest BCUT2D eigenvalue weighted by atomic mass is 10.2. The van der Waals surface area contributed by atoms with Crippen LogP contribution in [0.2, 0.25) is 5.02 Å². The van der Waals surface area contributed by atoms with Gasteiger partial charge < -0.3 is 14.2 Å². The first-order valence-corrected chi connectivity index (χ1v) is 7.96. The molecule has 0 spiro atoms. The number of oxazole rings is 1. The predicted molar refractivity (Wildman–Crippen MR) is 90.1 cm³/mol. The van der Waals surface area contributed by atoms with Crippen LogP contribution in [0.4, 0.5) is 0 Å². The fourth-order valence-electron chi connectivity index (χ4n) is 2.54. The summed E-state index contributed by atoms with van der Waals surface area (Å²) in [5.74, 6) is 0.809. The first-order valence-electron chi connectivity index (χ1n) is 7.58. The van der Waals surface area contributed by atoms with Crippen molar-refractivity contribution in [2.75, 3.05) is 0 Å². The molecule has 2 aromatic heterocycles. The number of carbonyl (C=O) groups is 1. The number of benzene rings is 1. The van der Waals surface area contributed by atoms with Gasteiger partial charge in [-0.15, -0.1) is 0 Å². The average molecular weight is 349 g/mol. The van der Waals surface area contributed by atoms with Crippen molar-refractivity contribution in [2.45, 2.75) is 32.9 Å². The van der Waals surface area contributed by atoms with Crippen LogP contribution in [0.3, 0.4) is 0 Å². The third-order valence-electron chi connectivity index (χ3n) is 3.76. The second-order valence-electron chi connectivity index (χ2n) is 5.62. The summed E-state index contributed by atoms with van der Waals surface area (Å²) in [4.78, 5) is 24.0. The Kier molecular flexibility index (Phi) is 4.49. The molecule has 0 fully saturated rings. The minimum Gasteiger partial charge on any atom is -0.464 e. The topological polar surface area (TPSA) is 77.4 Å². The number of nitrogens with zero attached hydrogens (tertiary/aromatic N) is 1. The Morgan fingerprint density at radius 1 is 1.29 bits per heavy atom. The third kappa shape index (κ3) is 3.38. The maximum Gasteiger partial charge on any atom is 0.419 e. The molecule has 3 rings (SSSR count). The van der Waals surface area contributed by atoms with E-state index in [4.69, 9.17) is 20.4 Å². The van der Waals surface area contributed by atoms with Crippen molar-refractivity contribution in [1.29, 1.82) is 0 Å². The lowest BCUT2D eigenvalue weighted by Crippen LogP contribution is -2.28. The Bertz CT molecular complexity index is 938. The summed E-state index contributed by atoms with van der Waals surface area (Å²) in [6.07, 6.45) is 0.154. The Morgan fingerprint density at radius 3 is 2.79 bits per heavy atom. The molecule has 1 N–H and O–H groups in total. The molecular formula is C17H17ClN2O4. The van der Waals surface area contributed by atoms with Gasteiger partial charge in [0, 0.05) is 24.1 Å². The van der Waals surface area contributed by atoms with Crippen LogP contribution >= 0.6 is 11.6 Å². The van der Waals surface area contributed by atoms with Crippen molar-refractivity contribution in [3.8, 4) is 0 Å². The van der Waals surface area contributed by atoms with Crippen LogP contribution in [0, 0.1) is 6.92 Å². The smallest absolute Gasteiger partial charge is 0.419 e. The molecule has 2 heterocycles. The van der Waals surface area contributed by atoms with Crippen molar-refractivity contribution in [3.63, 3.8) is 0 Å². The highest BCUT2D eigenvalue weighted by atomic mass is 35.5. The molecule has 24 heavy (non-hydrogen) atoms. The number of fused-ring (bicyclic) bond motifs is 1. The molecule has 0 aliphatic carbocycles. The van der Waals surface area contributed by atoms with Gasteiger partial charge >= 0.3 is 5.76 Å². The van der Waals surface area contributed by atoms with Crippen molar-refractivity contribution < 1.29 is 13.6 Å². The molecule has 0 bridgehead atoms. The van der Waals surface area contributed by atoms with Gasteiger partial charge in [-0.3, -0.25) is 9.36 Å². The summed E-state index contributed by atoms with van der Waals surface area (Å²) in [5.41, 5.74) is 1.03. The van der Waals surface area contributed by atoms with Gasteiger partial charge in [0.2, 0.25) is 5.91 Å². The zero-order chi connectivity index (χ0) is 17.3. The summed E-state index contributed by atoms with van der Waals surface area (Å²) in [6, 6.07) is 8.41. The normalized spacial score (nSPS) is 12.5. The lowest BCUT2D eigenvalue weighted by molar-refractivity contribution is -0.122. The molecule has 126 valence electrons. The number of carbonyl (C=O) groups excluding carboxylic acids is 1. The van der Waals surface area contributed by atoms with E-state index in [1.807, 2.05) is 26.0 Å². The average Bonchev–Trinajstić information content (AvgIpc) is 3.08. The summed E-state index contributed by atoms with van der Waals surface area (Å²) in [7, 11) is 0. The summed E-state index contributed by atoms with van der Waals surface area (Å²) >= 11 is 5.88. The highest BCUT2D eigenvalue weighted by Gasteiger charge is 2.15. The molecular weight excluding hydrogens is 332 g/mol. The van der Waals surface area contributed by atoms with Gasteiger partial charge in [0.25, 0.3) is 0 Å². The number of rotatable bonds is 5. The fraction of sp³-hybridized carbons (Fsp3) is 0.294. The molecule has 1 amide bonds. The van der Waals surface area contributed by atoms with E-state index in [9.17, 15) is 9.59 Å². The number of nitrogens with one attached hydrogen (secondary N) is 1. The minimum absolute atomic E-state index is 0.154. The van der Waals surface area contributed by atoms with Crippen LogP contribution in [0.1, 0.15) is 30.9 Å². The Hall–Kier alpha value is -2.47. The number of aryl methyl sites for hydroxylation is 2. The van der Waals surface area contributed by atoms with Crippen LogP contribution in [-0.2, 0) is 11.3 Å². The first-order chi connectivity index (χ1) is 11.4. The SMILES string of the molecule is Cc1ccc(C(C)NC(=O)CCn2c(=O)oc3cc(Cl)ccc32)o1. The minimum atomic E-state index is -0.505. The Morgan fingerprint density at radius 2 is 2.08 bits per heavy atom. The molecule has 0 aliphatic heterocycles. The van der Waals surface area contributed by atoms with Crippen molar-refractivity contribution in [1.82, 2.24) is 9.88 Å². The van der Waals surface area contributed by atoms with Gasteiger partial charge in [0.15, 0.2) is 5.58 Å². The summed E-state index contributed by atoms with van der Waals surface area (Å²) in [5, 5.41) is 3.34. The van der Waals surface area contributed by atoms with E-state index in [1.165, 1.54) is 4.57 Å². The van der Waals surface area contributed by atoms with E-state index >= 15 is 0 Å². The maximum atomic E-state index is 12.1. The standard InChI is InChI=1S/C17H17ClN2O4/c1-10-3-6-14(23-10)11(2)19-16(21)7-8-20-13-5-4-12(18)9-15(13)24-17(20)22/h3-6,9,11H,7-8H2,1-2H3,(H,19,21). The van der Waals surface area contributed by atoms with Crippen molar-refractivity contribution in [2.24, 2.45) is 0 Å². The van der Waals surface area contributed by atoms with Gasteiger partial charge in [0.1, 0.15) is 11.5 Å². The molecule has 3 aromatic rings. The number of hydrogen-bond acceptors (Lipinski definition) is 4. The van der Waals surface area contributed by atoms with Crippen molar-refractivity contribution >= 4 is 28.6 Å². The van der Waals surface area contributed by atoms with Crippen LogP contribution in [0.15, 0.2) is 44.0 Å². The zero-order valence-corrected chi connectivity index (χ0v) is 14.1. The number of furan rings is 1. The van der Waals surface area contributed by atoms with Crippen molar-refractivity contribution in [3.05, 3.63) is 57.4 Å². The molecule has 0 saturated heterocycles. The zero-order valence-electron chi connectivity index (χ0n) is 13.3. The van der Waals surface area contributed by atoms with Gasteiger partial charge in [-0.05, 0) is 38.1 Å². The molecule has 7 heteroatoms. The third-order valence-corrected chi connectivity index (χ3v) is 3.99. The van der Waals surface area contributed by atoms with Crippen LogP contribution in [-0.4, -0.2) is 10.5 Å². The second kappa shape index (κ2) is 6.57. The highest BCUT2D eigenvalue weighted by Crippen LogP contribution is 2.19. The van der Waals surface area contributed by atoms with Crippen LogP contribution in [0.25, 0.3) is 11.1 Å². The number of amides is 1. The van der Waals surface area contributed by atoms with E-state index in [0.717, 1.165) is 5.76 Å². The number of aromatic nitrogens is 1. The molecule has 0 saturated carbocycles. The number of halogens is 1. The van der Waals surface area contributed by atoms with Crippen LogP contribution < -0.4 is 11.1 Å². The molecule has 1 unspecified atom stereocenters. The molecule has 1 aromatic carbocycles. The number of hydrogen-bond donors (Lipinski definition) is 1.